The first-order chi connectivity index (χ1) is 10.3. The van der Waals surface area contributed by atoms with Crippen molar-refractivity contribution >= 4 is 11.3 Å². The third-order valence-corrected chi connectivity index (χ3v) is 5.37. The molecule has 0 fully saturated rings. The number of hydrogen-bond donors (Lipinski definition) is 2. The molecule has 4 heteroatoms. The average molecular weight is 301 g/mol. The number of hydrazine groups is 1. The van der Waals surface area contributed by atoms with Crippen molar-refractivity contribution in [2.45, 2.75) is 51.0 Å². The average Bonchev–Trinajstić information content (AvgIpc) is 2.92. The summed E-state index contributed by atoms with van der Waals surface area (Å²) in [6.45, 7) is 2.04. The lowest BCUT2D eigenvalue weighted by Crippen LogP contribution is -2.38. The predicted molar refractivity (Wildman–Crippen MR) is 88.4 cm³/mol. The molecule has 0 radical (unpaired) electrons. The molecular formula is C17H23N3S. The van der Waals surface area contributed by atoms with Crippen molar-refractivity contribution in [2.24, 2.45) is 5.84 Å². The first-order valence-corrected chi connectivity index (χ1v) is 8.59. The quantitative estimate of drug-likeness (QED) is 0.658. The number of nitrogens with zero attached hydrogens (tertiary/aromatic N) is 1. The molecule has 2 atom stereocenters. The highest BCUT2D eigenvalue weighted by molar-refractivity contribution is 7.09. The first kappa shape index (κ1) is 14.7. The number of rotatable bonds is 5. The van der Waals surface area contributed by atoms with E-state index in [1.807, 2.05) is 6.92 Å². The van der Waals surface area contributed by atoms with Gasteiger partial charge in [0, 0.05) is 23.5 Å². The Kier molecular flexibility index (Phi) is 4.68. The van der Waals surface area contributed by atoms with Crippen molar-refractivity contribution in [3.05, 3.63) is 51.5 Å². The largest absolute Gasteiger partial charge is 0.271 e. The first-order valence-electron chi connectivity index (χ1n) is 7.71. The maximum Gasteiger partial charge on any atom is 0.0944 e. The van der Waals surface area contributed by atoms with Crippen molar-refractivity contribution in [3.63, 3.8) is 0 Å². The van der Waals surface area contributed by atoms with Crippen LogP contribution in [0.4, 0.5) is 0 Å². The molecule has 1 heterocycles. The summed E-state index contributed by atoms with van der Waals surface area (Å²) in [6.07, 6.45) is 5.79. The second-order valence-electron chi connectivity index (χ2n) is 5.97. The van der Waals surface area contributed by atoms with Gasteiger partial charge in [0.15, 0.2) is 0 Å². The number of nitrogens with two attached hydrogens (primary N) is 1. The lowest BCUT2D eigenvalue weighted by molar-refractivity contribution is 0.413. The fraction of sp³-hybridized carbons (Fsp3) is 0.471. The summed E-state index contributed by atoms with van der Waals surface area (Å²) in [4.78, 5) is 4.56. The van der Waals surface area contributed by atoms with Crippen LogP contribution in [-0.4, -0.2) is 11.0 Å². The predicted octanol–water partition coefficient (Wildman–Crippen LogP) is 3.34. The summed E-state index contributed by atoms with van der Waals surface area (Å²) in [7, 11) is 0. The van der Waals surface area contributed by atoms with Crippen molar-refractivity contribution in [1.29, 1.82) is 0 Å². The summed E-state index contributed by atoms with van der Waals surface area (Å²) in [5, 5.41) is 3.29. The SMILES string of the molecule is Cc1csc(CC(CC2CCCc3ccccc32)NN)n1. The van der Waals surface area contributed by atoms with Gasteiger partial charge in [0.1, 0.15) is 0 Å². The Labute approximate surface area is 130 Å². The lowest BCUT2D eigenvalue weighted by Gasteiger charge is -2.28. The van der Waals surface area contributed by atoms with E-state index in [1.54, 1.807) is 11.3 Å². The lowest BCUT2D eigenvalue weighted by atomic mass is 9.79. The number of thiazole rings is 1. The van der Waals surface area contributed by atoms with Crippen LogP contribution in [0.3, 0.4) is 0 Å². The zero-order valence-corrected chi connectivity index (χ0v) is 13.3. The van der Waals surface area contributed by atoms with Gasteiger partial charge < -0.3 is 0 Å². The molecule has 2 aromatic rings. The molecule has 0 saturated carbocycles. The van der Waals surface area contributed by atoms with E-state index in [0.717, 1.165) is 18.5 Å². The topological polar surface area (TPSA) is 50.9 Å². The minimum Gasteiger partial charge on any atom is -0.271 e. The third kappa shape index (κ3) is 3.51. The smallest absolute Gasteiger partial charge is 0.0944 e. The fourth-order valence-electron chi connectivity index (χ4n) is 3.36. The van der Waals surface area contributed by atoms with Crippen LogP contribution >= 0.6 is 11.3 Å². The van der Waals surface area contributed by atoms with Gasteiger partial charge in [-0.1, -0.05) is 24.3 Å². The highest BCUT2D eigenvalue weighted by Crippen LogP contribution is 2.35. The fourth-order valence-corrected chi connectivity index (χ4v) is 4.21. The van der Waals surface area contributed by atoms with Crippen LogP contribution in [-0.2, 0) is 12.8 Å². The van der Waals surface area contributed by atoms with Crippen molar-refractivity contribution in [3.8, 4) is 0 Å². The van der Waals surface area contributed by atoms with Crippen LogP contribution in [0.15, 0.2) is 29.6 Å². The molecule has 3 rings (SSSR count). The van der Waals surface area contributed by atoms with Gasteiger partial charge in [-0.3, -0.25) is 11.3 Å². The Bertz CT molecular complexity index is 593. The summed E-state index contributed by atoms with van der Waals surface area (Å²) in [6, 6.07) is 9.17. The zero-order chi connectivity index (χ0) is 14.7. The molecule has 112 valence electrons. The van der Waals surface area contributed by atoms with E-state index < -0.39 is 0 Å². The summed E-state index contributed by atoms with van der Waals surface area (Å²) in [5.41, 5.74) is 7.16. The second kappa shape index (κ2) is 6.69. The Morgan fingerprint density at radius 1 is 1.43 bits per heavy atom. The van der Waals surface area contributed by atoms with Gasteiger partial charge >= 0.3 is 0 Å². The number of aryl methyl sites for hydroxylation is 2. The van der Waals surface area contributed by atoms with Gasteiger partial charge in [-0.05, 0) is 49.7 Å². The number of nitrogens with one attached hydrogen (secondary N) is 1. The van der Waals surface area contributed by atoms with Gasteiger partial charge in [-0.25, -0.2) is 4.98 Å². The van der Waals surface area contributed by atoms with Gasteiger partial charge in [-0.2, -0.15) is 0 Å². The molecule has 2 unspecified atom stereocenters. The maximum atomic E-state index is 5.79. The molecule has 1 aromatic heterocycles. The Morgan fingerprint density at radius 3 is 3.05 bits per heavy atom. The summed E-state index contributed by atoms with van der Waals surface area (Å²) < 4.78 is 0. The van der Waals surface area contributed by atoms with E-state index >= 15 is 0 Å². The molecule has 1 aliphatic rings. The number of hydrogen-bond acceptors (Lipinski definition) is 4. The molecule has 0 aliphatic heterocycles. The van der Waals surface area contributed by atoms with E-state index in [-0.39, 0.29) is 0 Å². The van der Waals surface area contributed by atoms with Crippen LogP contribution in [0, 0.1) is 6.92 Å². The van der Waals surface area contributed by atoms with Gasteiger partial charge in [0.2, 0.25) is 0 Å². The molecule has 0 amide bonds. The molecule has 21 heavy (non-hydrogen) atoms. The van der Waals surface area contributed by atoms with E-state index in [2.05, 4.69) is 40.1 Å². The van der Waals surface area contributed by atoms with Crippen molar-refractivity contribution in [2.75, 3.05) is 0 Å². The monoisotopic (exact) mass is 301 g/mol. The summed E-state index contributed by atoms with van der Waals surface area (Å²) in [5.74, 6) is 6.41. The minimum atomic E-state index is 0.298. The number of aromatic nitrogens is 1. The Balaban J connectivity index is 1.70. The molecule has 3 nitrogen and oxygen atoms in total. The normalized spacial score (nSPS) is 19.2. The van der Waals surface area contributed by atoms with E-state index in [9.17, 15) is 0 Å². The van der Waals surface area contributed by atoms with E-state index in [4.69, 9.17) is 5.84 Å². The van der Waals surface area contributed by atoms with Crippen molar-refractivity contribution < 1.29 is 0 Å². The van der Waals surface area contributed by atoms with Crippen LogP contribution in [0.2, 0.25) is 0 Å². The highest BCUT2D eigenvalue weighted by atomic mass is 32.1. The van der Waals surface area contributed by atoms with Crippen LogP contribution in [0.5, 0.6) is 0 Å². The molecule has 1 aromatic carbocycles. The number of benzene rings is 1. The Hall–Kier alpha value is -1.23. The minimum absolute atomic E-state index is 0.298. The van der Waals surface area contributed by atoms with Crippen LogP contribution in [0.25, 0.3) is 0 Å². The standard InChI is InChI=1S/C17H23N3S/c1-12-11-21-17(19-12)10-15(20-18)9-14-7-4-6-13-5-2-3-8-16(13)14/h2-3,5,8,11,14-15,20H,4,6-7,9-10,18H2,1H3. The Morgan fingerprint density at radius 2 is 2.29 bits per heavy atom. The van der Waals surface area contributed by atoms with Gasteiger partial charge in [-0.15, -0.1) is 11.3 Å². The molecule has 3 N–H and O–H groups in total. The van der Waals surface area contributed by atoms with E-state index in [0.29, 0.717) is 12.0 Å². The molecule has 0 spiro atoms. The third-order valence-electron chi connectivity index (χ3n) is 4.39. The molecular weight excluding hydrogens is 278 g/mol. The van der Waals surface area contributed by atoms with Crippen LogP contribution in [0.1, 0.15) is 47.0 Å². The number of fused-ring (bicyclic) bond motifs is 1. The molecule has 1 aliphatic carbocycles. The molecule has 0 saturated heterocycles. The van der Waals surface area contributed by atoms with Gasteiger partial charge in [0.25, 0.3) is 0 Å². The van der Waals surface area contributed by atoms with Gasteiger partial charge in [0.05, 0.1) is 5.01 Å². The zero-order valence-electron chi connectivity index (χ0n) is 12.5. The maximum absolute atomic E-state index is 5.79. The molecule has 0 bridgehead atoms. The van der Waals surface area contributed by atoms with Crippen LogP contribution < -0.4 is 11.3 Å². The second-order valence-corrected chi connectivity index (χ2v) is 6.92. The van der Waals surface area contributed by atoms with Crippen molar-refractivity contribution in [1.82, 2.24) is 10.4 Å². The summed E-state index contributed by atoms with van der Waals surface area (Å²) >= 11 is 1.73. The highest BCUT2D eigenvalue weighted by Gasteiger charge is 2.23. The van der Waals surface area contributed by atoms with E-state index in [1.165, 1.54) is 35.4 Å².